The molecule has 0 saturated carbocycles. The molecule has 0 saturated heterocycles. The lowest BCUT2D eigenvalue weighted by Crippen LogP contribution is -2.57. The van der Waals surface area contributed by atoms with Gasteiger partial charge in [-0.2, -0.15) is 23.3 Å². The summed E-state index contributed by atoms with van der Waals surface area (Å²) in [6.45, 7) is 1.82. The number of amides is 1. The van der Waals surface area contributed by atoms with Crippen LogP contribution in [0.25, 0.3) is 0 Å². The van der Waals surface area contributed by atoms with Crippen molar-refractivity contribution >= 4 is 11.6 Å². The van der Waals surface area contributed by atoms with Gasteiger partial charge in [-0.05, 0) is 18.1 Å². The first-order valence-electron chi connectivity index (χ1n) is 8.14. The maximum atomic E-state index is 13.6. The van der Waals surface area contributed by atoms with Crippen LogP contribution in [0.15, 0.2) is 59.7 Å². The average molecular weight is 378 g/mol. The van der Waals surface area contributed by atoms with Gasteiger partial charge in [0.25, 0.3) is 11.6 Å². The molecule has 8 heteroatoms. The molecular formula is C19H17F3N2O3. The normalized spacial score (nSPS) is 21.1. The van der Waals surface area contributed by atoms with Crippen molar-refractivity contribution in [3.05, 3.63) is 71.3 Å². The molecule has 0 fully saturated rings. The molecule has 1 aliphatic heterocycles. The molecule has 142 valence electrons. The Kier molecular flexibility index (Phi) is 4.79. The van der Waals surface area contributed by atoms with Gasteiger partial charge in [0, 0.05) is 0 Å². The molecule has 1 aliphatic rings. The highest BCUT2D eigenvalue weighted by Crippen LogP contribution is 2.42. The van der Waals surface area contributed by atoms with Gasteiger partial charge in [0.2, 0.25) is 0 Å². The van der Waals surface area contributed by atoms with Crippen molar-refractivity contribution in [1.82, 2.24) is 5.01 Å². The number of hydrazone groups is 1. The largest absolute Gasteiger partial charge is 0.438 e. The summed E-state index contributed by atoms with van der Waals surface area (Å²) < 4.78 is 40.7. The molecule has 27 heavy (non-hydrogen) atoms. The third kappa shape index (κ3) is 3.45. The Morgan fingerprint density at radius 1 is 1.15 bits per heavy atom. The van der Waals surface area contributed by atoms with Gasteiger partial charge in [-0.25, -0.2) is 0 Å². The van der Waals surface area contributed by atoms with Gasteiger partial charge in [0.1, 0.15) is 0 Å². The lowest BCUT2D eigenvalue weighted by molar-refractivity contribution is -0.303. The molecule has 2 atom stereocenters. The third-order valence-corrected chi connectivity index (χ3v) is 4.38. The van der Waals surface area contributed by atoms with Gasteiger partial charge in [0.05, 0.1) is 12.1 Å². The van der Waals surface area contributed by atoms with Gasteiger partial charge >= 0.3 is 6.18 Å². The van der Waals surface area contributed by atoms with Crippen LogP contribution in [0.1, 0.15) is 29.2 Å². The maximum absolute atomic E-state index is 13.6. The second-order valence-corrected chi connectivity index (χ2v) is 6.37. The first-order valence-corrected chi connectivity index (χ1v) is 8.14. The molecule has 3 rings (SSSR count). The molecule has 1 heterocycles. The van der Waals surface area contributed by atoms with Crippen LogP contribution in [0.3, 0.4) is 0 Å². The van der Waals surface area contributed by atoms with Gasteiger partial charge in [-0.3, -0.25) is 4.79 Å². The SMILES string of the molecule is Cc1ccc(C2=NN(C(=O)[C@@H](O)c3ccccc3)[C@](O)(C(F)(F)F)C2)cc1. The number of nitrogens with zero attached hydrogens (tertiary/aromatic N) is 2. The number of benzene rings is 2. The number of aliphatic hydroxyl groups is 2. The number of aliphatic hydroxyl groups excluding tert-OH is 1. The van der Waals surface area contributed by atoms with E-state index in [-0.39, 0.29) is 16.3 Å². The summed E-state index contributed by atoms with van der Waals surface area (Å²) in [5.41, 5.74) is -2.27. The van der Waals surface area contributed by atoms with Crippen molar-refractivity contribution in [2.75, 3.05) is 0 Å². The quantitative estimate of drug-likeness (QED) is 0.863. The van der Waals surface area contributed by atoms with Crippen molar-refractivity contribution < 1.29 is 28.2 Å². The Labute approximate surface area is 153 Å². The molecule has 2 N–H and O–H groups in total. The zero-order chi connectivity index (χ0) is 19.8. The van der Waals surface area contributed by atoms with E-state index in [9.17, 15) is 28.2 Å². The van der Waals surface area contributed by atoms with Crippen LogP contribution in [-0.4, -0.2) is 38.7 Å². The van der Waals surface area contributed by atoms with E-state index in [1.54, 1.807) is 30.3 Å². The van der Waals surface area contributed by atoms with Crippen LogP contribution < -0.4 is 0 Å². The van der Waals surface area contributed by atoms with E-state index in [0.29, 0.717) is 5.56 Å². The van der Waals surface area contributed by atoms with E-state index in [1.807, 2.05) is 6.92 Å². The average Bonchev–Trinajstić information content (AvgIpc) is 3.00. The van der Waals surface area contributed by atoms with Crippen molar-refractivity contribution in [2.24, 2.45) is 5.10 Å². The predicted molar refractivity (Wildman–Crippen MR) is 91.6 cm³/mol. The van der Waals surface area contributed by atoms with Crippen LogP contribution >= 0.6 is 0 Å². The summed E-state index contributed by atoms with van der Waals surface area (Å²) in [5, 5.41) is 24.2. The van der Waals surface area contributed by atoms with Crippen molar-refractivity contribution in [2.45, 2.75) is 31.3 Å². The predicted octanol–water partition coefficient (Wildman–Crippen LogP) is 2.92. The smallest absolute Gasteiger partial charge is 0.378 e. The van der Waals surface area contributed by atoms with Crippen LogP contribution in [0.5, 0.6) is 0 Å². The van der Waals surface area contributed by atoms with Crippen molar-refractivity contribution in [3.8, 4) is 0 Å². The number of hydrogen-bond acceptors (Lipinski definition) is 4. The highest BCUT2D eigenvalue weighted by molar-refractivity contribution is 6.03. The van der Waals surface area contributed by atoms with E-state index in [2.05, 4.69) is 5.10 Å². The van der Waals surface area contributed by atoms with E-state index in [0.717, 1.165) is 5.56 Å². The van der Waals surface area contributed by atoms with Crippen molar-refractivity contribution in [1.29, 1.82) is 0 Å². The number of halogens is 3. The second-order valence-electron chi connectivity index (χ2n) is 6.37. The standard InChI is InChI=1S/C19H17F3N2O3/c1-12-7-9-13(10-8-12)15-11-18(27,19(20,21)22)24(23-15)17(26)16(25)14-5-3-2-4-6-14/h2-10,16,25,27H,11H2,1H3/t16-,18+/m0/s1. The Balaban J connectivity index is 2.00. The highest BCUT2D eigenvalue weighted by Gasteiger charge is 2.63. The summed E-state index contributed by atoms with van der Waals surface area (Å²) >= 11 is 0. The topological polar surface area (TPSA) is 73.1 Å². The zero-order valence-corrected chi connectivity index (χ0v) is 14.3. The number of hydrogen-bond donors (Lipinski definition) is 2. The van der Waals surface area contributed by atoms with Crippen molar-refractivity contribution in [3.63, 3.8) is 0 Å². The van der Waals surface area contributed by atoms with E-state index in [1.165, 1.54) is 24.3 Å². The summed E-state index contributed by atoms with van der Waals surface area (Å²) in [5.74, 6) is -1.36. The molecule has 1 amide bonds. The molecule has 0 radical (unpaired) electrons. The first-order chi connectivity index (χ1) is 12.6. The lowest BCUT2D eigenvalue weighted by Gasteiger charge is -2.33. The molecule has 0 aliphatic carbocycles. The lowest BCUT2D eigenvalue weighted by atomic mass is 9.99. The number of aryl methyl sites for hydroxylation is 1. The fourth-order valence-electron chi connectivity index (χ4n) is 2.80. The Hall–Kier alpha value is -2.71. The van der Waals surface area contributed by atoms with E-state index in [4.69, 9.17) is 0 Å². The van der Waals surface area contributed by atoms with Gasteiger partial charge < -0.3 is 10.2 Å². The summed E-state index contributed by atoms with van der Waals surface area (Å²) in [7, 11) is 0. The first kappa shape index (κ1) is 19.1. The zero-order valence-electron chi connectivity index (χ0n) is 14.3. The summed E-state index contributed by atoms with van der Waals surface area (Å²) in [6, 6.07) is 14.0. The number of rotatable bonds is 3. The Morgan fingerprint density at radius 3 is 2.30 bits per heavy atom. The van der Waals surface area contributed by atoms with E-state index < -0.39 is 30.3 Å². The molecule has 2 aromatic rings. The third-order valence-electron chi connectivity index (χ3n) is 4.38. The summed E-state index contributed by atoms with van der Waals surface area (Å²) in [6.07, 6.45) is -7.97. The second kappa shape index (κ2) is 6.79. The minimum Gasteiger partial charge on any atom is -0.378 e. The van der Waals surface area contributed by atoms with Crippen LogP contribution in [0, 0.1) is 6.92 Å². The molecule has 0 aromatic heterocycles. The molecule has 0 unspecified atom stereocenters. The monoisotopic (exact) mass is 378 g/mol. The van der Waals surface area contributed by atoms with Gasteiger partial charge in [0.15, 0.2) is 6.10 Å². The molecule has 2 aromatic carbocycles. The van der Waals surface area contributed by atoms with Crippen LogP contribution in [0.2, 0.25) is 0 Å². The fraction of sp³-hybridized carbons (Fsp3) is 0.263. The summed E-state index contributed by atoms with van der Waals surface area (Å²) in [4.78, 5) is 12.5. The van der Waals surface area contributed by atoms with Gasteiger partial charge in [-0.15, -0.1) is 0 Å². The van der Waals surface area contributed by atoms with Gasteiger partial charge in [-0.1, -0.05) is 60.2 Å². The Bertz CT molecular complexity index is 866. The van der Waals surface area contributed by atoms with Crippen LogP contribution in [0.4, 0.5) is 13.2 Å². The maximum Gasteiger partial charge on any atom is 0.438 e. The Morgan fingerprint density at radius 2 is 1.74 bits per heavy atom. The molecule has 5 nitrogen and oxygen atoms in total. The van der Waals surface area contributed by atoms with Crippen LogP contribution in [-0.2, 0) is 4.79 Å². The minimum absolute atomic E-state index is 0.0557. The molecular weight excluding hydrogens is 361 g/mol. The fourth-order valence-corrected chi connectivity index (χ4v) is 2.80. The van der Waals surface area contributed by atoms with E-state index >= 15 is 0 Å². The molecule has 0 bridgehead atoms. The highest BCUT2D eigenvalue weighted by atomic mass is 19.4. The number of carbonyl (C=O) groups excluding carboxylic acids is 1. The minimum atomic E-state index is -5.16. The number of alkyl halides is 3. The number of carbonyl (C=O) groups is 1. The molecule has 0 spiro atoms.